The standard InChI is InChI=1S/C12H22N2O2/c1-5-9-11(16)13-6-7-14(9)8-10(15)12(2,3)4/h9H,5-8H2,1-4H3,(H,13,16). The summed E-state index contributed by atoms with van der Waals surface area (Å²) in [6.45, 7) is 9.53. The van der Waals surface area contributed by atoms with E-state index in [1.165, 1.54) is 0 Å². The average molecular weight is 226 g/mol. The predicted octanol–water partition coefficient (Wildman–Crippen LogP) is 0.812. The van der Waals surface area contributed by atoms with E-state index in [9.17, 15) is 9.59 Å². The van der Waals surface area contributed by atoms with Crippen molar-refractivity contribution in [3.8, 4) is 0 Å². The number of carbonyl (C=O) groups is 2. The zero-order valence-electron chi connectivity index (χ0n) is 10.7. The molecule has 1 rings (SSSR count). The minimum absolute atomic E-state index is 0.0514. The van der Waals surface area contributed by atoms with E-state index in [-0.39, 0.29) is 23.1 Å². The van der Waals surface area contributed by atoms with Crippen LogP contribution < -0.4 is 5.32 Å². The van der Waals surface area contributed by atoms with Gasteiger partial charge in [0.15, 0.2) is 5.78 Å². The molecule has 0 radical (unpaired) electrons. The van der Waals surface area contributed by atoms with Crippen LogP contribution >= 0.6 is 0 Å². The summed E-state index contributed by atoms with van der Waals surface area (Å²) in [5, 5.41) is 2.83. The van der Waals surface area contributed by atoms with Crippen molar-refractivity contribution in [2.75, 3.05) is 19.6 Å². The Morgan fingerprint density at radius 3 is 2.62 bits per heavy atom. The highest BCUT2D eigenvalue weighted by molar-refractivity contribution is 5.87. The van der Waals surface area contributed by atoms with E-state index in [1.807, 2.05) is 32.6 Å². The van der Waals surface area contributed by atoms with Gasteiger partial charge >= 0.3 is 0 Å². The van der Waals surface area contributed by atoms with Crippen LogP contribution in [0.3, 0.4) is 0 Å². The molecule has 1 aliphatic heterocycles. The lowest BCUT2D eigenvalue weighted by atomic mass is 9.90. The molecule has 4 heteroatoms. The molecule has 1 saturated heterocycles. The first-order valence-electron chi connectivity index (χ1n) is 5.91. The Balaban J connectivity index is 2.65. The zero-order valence-corrected chi connectivity index (χ0v) is 10.7. The molecular weight excluding hydrogens is 204 g/mol. The van der Waals surface area contributed by atoms with Crippen molar-refractivity contribution >= 4 is 11.7 Å². The average Bonchev–Trinajstić information content (AvgIpc) is 2.16. The van der Waals surface area contributed by atoms with Gasteiger partial charge in [0.05, 0.1) is 12.6 Å². The lowest BCUT2D eigenvalue weighted by Crippen LogP contribution is -2.56. The monoisotopic (exact) mass is 226 g/mol. The molecule has 0 spiro atoms. The molecule has 1 atom stereocenters. The Kier molecular flexibility index (Phi) is 4.08. The van der Waals surface area contributed by atoms with Gasteiger partial charge in [0, 0.05) is 18.5 Å². The van der Waals surface area contributed by atoms with Gasteiger partial charge in [-0.15, -0.1) is 0 Å². The van der Waals surface area contributed by atoms with Crippen LogP contribution in [0.15, 0.2) is 0 Å². The molecule has 0 aromatic rings. The van der Waals surface area contributed by atoms with Gasteiger partial charge in [0.1, 0.15) is 0 Å². The Morgan fingerprint density at radius 1 is 1.50 bits per heavy atom. The first-order chi connectivity index (χ1) is 7.36. The largest absolute Gasteiger partial charge is 0.353 e. The van der Waals surface area contributed by atoms with Crippen LogP contribution in [-0.2, 0) is 9.59 Å². The maximum Gasteiger partial charge on any atom is 0.237 e. The second-order valence-electron chi connectivity index (χ2n) is 5.36. The molecule has 0 bridgehead atoms. The molecule has 1 unspecified atom stereocenters. The van der Waals surface area contributed by atoms with Crippen molar-refractivity contribution < 1.29 is 9.59 Å². The van der Waals surface area contributed by atoms with Gasteiger partial charge in [-0.25, -0.2) is 0 Å². The zero-order chi connectivity index (χ0) is 12.3. The summed E-state index contributed by atoms with van der Waals surface area (Å²) in [5.41, 5.74) is -0.327. The minimum Gasteiger partial charge on any atom is -0.353 e. The van der Waals surface area contributed by atoms with Crippen LogP contribution in [0, 0.1) is 5.41 Å². The summed E-state index contributed by atoms with van der Waals surface area (Å²) in [5.74, 6) is 0.246. The topological polar surface area (TPSA) is 49.4 Å². The molecule has 1 fully saturated rings. The summed E-state index contributed by atoms with van der Waals surface area (Å²) < 4.78 is 0. The highest BCUT2D eigenvalue weighted by atomic mass is 16.2. The van der Waals surface area contributed by atoms with Crippen LogP contribution in [0.4, 0.5) is 0 Å². The number of amides is 1. The van der Waals surface area contributed by atoms with Crippen LogP contribution in [0.2, 0.25) is 0 Å². The van der Waals surface area contributed by atoms with Gasteiger partial charge < -0.3 is 5.32 Å². The van der Waals surface area contributed by atoms with Gasteiger partial charge in [-0.2, -0.15) is 0 Å². The SMILES string of the molecule is CCC1C(=O)NCCN1CC(=O)C(C)(C)C. The molecule has 1 aliphatic rings. The molecular formula is C12H22N2O2. The number of rotatable bonds is 3. The molecule has 16 heavy (non-hydrogen) atoms. The molecule has 0 aromatic heterocycles. The molecule has 4 nitrogen and oxygen atoms in total. The number of hydrogen-bond acceptors (Lipinski definition) is 3. The van der Waals surface area contributed by atoms with Crippen molar-refractivity contribution in [2.24, 2.45) is 5.41 Å². The van der Waals surface area contributed by atoms with E-state index in [0.717, 1.165) is 13.0 Å². The third kappa shape index (κ3) is 3.04. The summed E-state index contributed by atoms with van der Waals surface area (Å²) in [6.07, 6.45) is 0.753. The van der Waals surface area contributed by atoms with Crippen molar-refractivity contribution in [3.63, 3.8) is 0 Å². The third-order valence-corrected chi connectivity index (χ3v) is 3.01. The van der Waals surface area contributed by atoms with E-state index < -0.39 is 0 Å². The van der Waals surface area contributed by atoms with Gasteiger partial charge in [0.25, 0.3) is 0 Å². The third-order valence-electron chi connectivity index (χ3n) is 3.01. The van der Waals surface area contributed by atoms with Crippen LogP contribution in [-0.4, -0.2) is 42.3 Å². The van der Waals surface area contributed by atoms with E-state index >= 15 is 0 Å². The quantitative estimate of drug-likeness (QED) is 0.775. The number of carbonyl (C=O) groups excluding carboxylic acids is 2. The van der Waals surface area contributed by atoms with E-state index in [1.54, 1.807) is 0 Å². The highest BCUT2D eigenvalue weighted by Gasteiger charge is 2.32. The normalized spacial score (nSPS) is 23.0. The molecule has 1 heterocycles. The summed E-state index contributed by atoms with van der Waals surface area (Å²) in [6, 6.07) is -0.139. The van der Waals surface area contributed by atoms with E-state index in [2.05, 4.69) is 5.32 Å². The second-order valence-corrected chi connectivity index (χ2v) is 5.36. The predicted molar refractivity (Wildman–Crippen MR) is 63.1 cm³/mol. The van der Waals surface area contributed by atoms with Crippen molar-refractivity contribution in [2.45, 2.75) is 40.2 Å². The second kappa shape index (κ2) is 4.95. The number of nitrogens with one attached hydrogen (secondary N) is 1. The summed E-state index contributed by atoms with van der Waals surface area (Å²) >= 11 is 0. The van der Waals surface area contributed by atoms with Gasteiger partial charge in [-0.3, -0.25) is 14.5 Å². The van der Waals surface area contributed by atoms with Crippen molar-refractivity contribution in [1.82, 2.24) is 10.2 Å². The first kappa shape index (κ1) is 13.2. The lowest BCUT2D eigenvalue weighted by Gasteiger charge is -2.35. The highest BCUT2D eigenvalue weighted by Crippen LogP contribution is 2.17. The van der Waals surface area contributed by atoms with Crippen LogP contribution in [0.1, 0.15) is 34.1 Å². The Bertz CT molecular complexity index is 281. The fourth-order valence-corrected chi connectivity index (χ4v) is 1.82. The molecule has 1 N–H and O–H groups in total. The number of ketones is 1. The van der Waals surface area contributed by atoms with Crippen LogP contribution in [0.5, 0.6) is 0 Å². The van der Waals surface area contributed by atoms with Crippen molar-refractivity contribution in [1.29, 1.82) is 0 Å². The maximum absolute atomic E-state index is 11.9. The first-order valence-corrected chi connectivity index (χ1v) is 5.91. The Hall–Kier alpha value is -0.900. The van der Waals surface area contributed by atoms with Crippen molar-refractivity contribution in [3.05, 3.63) is 0 Å². The Morgan fingerprint density at radius 2 is 2.12 bits per heavy atom. The molecule has 0 aromatic carbocycles. The molecule has 1 amide bonds. The summed E-state index contributed by atoms with van der Waals surface area (Å²) in [7, 11) is 0. The van der Waals surface area contributed by atoms with Crippen LogP contribution in [0.25, 0.3) is 0 Å². The number of Topliss-reactive ketones (excluding diaryl/α,β-unsaturated/α-hetero) is 1. The van der Waals surface area contributed by atoms with Gasteiger partial charge in [-0.1, -0.05) is 27.7 Å². The fraction of sp³-hybridized carbons (Fsp3) is 0.833. The van der Waals surface area contributed by atoms with E-state index in [4.69, 9.17) is 0 Å². The number of piperazine rings is 1. The lowest BCUT2D eigenvalue weighted by molar-refractivity contribution is -0.133. The summed E-state index contributed by atoms with van der Waals surface area (Å²) in [4.78, 5) is 25.5. The minimum atomic E-state index is -0.327. The van der Waals surface area contributed by atoms with E-state index in [0.29, 0.717) is 13.1 Å². The number of nitrogens with zero attached hydrogens (tertiary/aromatic N) is 1. The van der Waals surface area contributed by atoms with Gasteiger partial charge in [-0.05, 0) is 6.42 Å². The van der Waals surface area contributed by atoms with Gasteiger partial charge in [0.2, 0.25) is 5.91 Å². The Labute approximate surface area is 97.4 Å². The molecule has 0 aliphatic carbocycles. The maximum atomic E-state index is 11.9. The smallest absolute Gasteiger partial charge is 0.237 e. The molecule has 0 saturated carbocycles. The molecule has 92 valence electrons. The fourth-order valence-electron chi connectivity index (χ4n) is 1.82. The number of hydrogen-bond donors (Lipinski definition) is 1.